The van der Waals surface area contributed by atoms with E-state index < -0.39 is 0 Å². The summed E-state index contributed by atoms with van der Waals surface area (Å²) in [5.41, 5.74) is 1.09. The van der Waals surface area contributed by atoms with Crippen molar-refractivity contribution in [3.05, 3.63) is 35.9 Å². The van der Waals surface area contributed by atoms with Crippen LogP contribution in [-0.4, -0.2) is 42.6 Å². The Kier molecular flexibility index (Phi) is 8.22. The average Bonchev–Trinajstić information content (AvgIpc) is 2.48. The standard InChI is InChI=1S/C17H25NO4/c1-4-21-16(19)11-14(3)18(13-17(20)22-5-2)12-15-9-7-6-8-10-15/h6-10,14H,4-5,11-13H2,1-3H3. The second-order valence-corrected chi connectivity index (χ2v) is 5.05. The van der Waals surface area contributed by atoms with Gasteiger partial charge in [0, 0.05) is 12.6 Å². The molecule has 0 aromatic heterocycles. The molecule has 0 aliphatic rings. The van der Waals surface area contributed by atoms with Crippen LogP contribution >= 0.6 is 0 Å². The lowest BCUT2D eigenvalue weighted by atomic mass is 10.1. The Morgan fingerprint density at radius 2 is 1.64 bits per heavy atom. The van der Waals surface area contributed by atoms with Gasteiger partial charge in [-0.1, -0.05) is 30.3 Å². The lowest BCUT2D eigenvalue weighted by Crippen LogP contribution is -2.39. The van der Waals surface area contributed by atoms with E-state index in [2.05, 4.69) is 0 Å². The van der Waals surface area contributed by atoms with Crippen molar-refractivity contribution in [3.8, 4) is 0 Å². The maximum absolute atomic E-state index is 11.8. The summed E-state index contributed by atoms with van der Waals surface area (Å²) in [5.74, 6) is -0.536. The van der Waals surface area contributed by atoms with Crippen LogP contribution in [0.25, 0.3) is 0 Å². The zero-order valence-electron chi connectivity index (χ0n) is 13.6. The van der Waals surface area contributed by atoms with Crippen LogP contribution in [0.2, 0.25) is 0 Å². The fourth-order valence-corrected chi connectivity index (χ4v) is 2.15. The van der Waals surface area contributed by atoms with Gasteiger partial charge in [0.05, 0.1) is 26.2 Å². The van der Waals surface area contributed by atoms with E-state index >= 15 is 0 Å². The predicted octanol–water partition coefficient (Wildman–Crippen LogP) is 2.39. The molecule has 1 aromatic carbocycles. The minimum absolute atomic E-state index is 0.108. The van der Waals surface area contributed by atoms with E-state index in [1.54, 1.807) is 13.8 Å². The molecule has 1 unspecified atom stereocenters. The van der Waals surface area contributed by atoms with Gasteiger partial charge in [-0.15, -0.1) is 0 Å². The Hall–Kier alpha value is -1.88. The molecule has 1 aromatic rings. The van der Waals surface area contributed by atoms with Crippen molar-refractivity contribution < 1.29 is 19.1 Å². The fraction of sp³-hybridized carbons (Fsp3) is 0.529. The highest BCUT2D eigenvalue weighted by atomic mass is 16.5. The van der Waals surface area contributed by atoms with Crippen LogP contribution in [0.3, 0.4) is 0 Å². The molecule has 122 valence electrons. The molecule has 0 radical (unpaired) electrons. The zero-order valence-corrected chi connectivity index (χ0v) is 13.6. The van der Waals surface area contributed by atoms with Gasteiger partial charge in [0.2, 0.25) is 0 Å². The van der Waals surface area contributed by atoms with Crippen molar-refractivity contribution in [2.45, 2.75) is 39.8 Å². The van der Waals surface area contributed by atoms with Gasteiger partial charge in [0.15, 0.2) is 0 Å². The SMILES string of the molecule is CCOC(=O)CC(C)N(CC(=O)OCC)Cc1ccccc1. The molecule has 5 nitrogen and oxygen atoms in total. The smallest absolute Gasteiger partial charge is 0.320 e. The maximum atomic E-state index is 11.8. The average molecular weight is 307 g/mol. The first-order valence-electron chi connectivity index (χ1n) is 7.66. The highest BCUT2D eigenvalue weighted by Gasteiger charge is 2.21. The molecule has 1 atom stereocenters. The van der Waals surface area contributed by atoms with Gasteiger partial charge in [-0.2, -0.15) is 0 Å². The number of esters is 2. The summed E-state index contributed by atoms with van der Waals surface area (Å²) in [6.45, 7) is 6.93. The van der Waals surface area contributed by atoms with Crippen LogP contribution in [0.5, 0.6) is 0 Å². The number of hydrogen-bond acceptors (Lipinski definition) is 5. The van der Waals surface area contributed by atoms with Crippen LogP contribution in [0.15, 0.2) is 30.3 Å². The minimum Gasteiger partial charge on any atom is -0.466 e. The molecule has 1 rings (SSSR count). The number of carbonyl (C=O) groups excluding carboxylic acids is 2. The Morgan fingerprint density at radius 3 is 2.23 bits per heavy atom. The van der Waals surface area contributed by atoms with Crippen LogP contribution in [-0.2, 0) is 25.6 Å². The van der Waals surface area contributed by atoms with Gasteiger partial charge < -0.3 is 9.47 Å². The number of hydrogen-bond donors (Lipinski definition) is 0. The van der Waals surface area contributed by atoms with E-state index in [4.69, 9.17) is 9.47 Å². The van der Waals surface area contributed by atoms with E-state index in [0.29, 0.717) is 19.8 Å². The minimum atomic E-state index is -0.283. The first-order valence-corrected chi connectivity index (χ1v) is 7.66. The van der Waals surface area contributed by atoms with Crippen molar-refractivity contribution in [2.24, 2.45) is 0 Å². The Balaban J connectivity index is 2.71. The normalized spacial score (nSPS) is 12.0. The van der Waals surface area contributed by atoms with Gasteiger partial charge in [-0.25, -0.2) is 0 Å². The second-order valence-electron chi connectivity index (χ2n) is 5.05. The molecule has 0 saturated carbocycles. The molecular formula is C17H25NO4. The Bertz CT molecular complexity index is 461. The van der Waals surface area contributed by atoms with E-state index in [0.717, 1.165) is 5.56 Å². The molecular weight excluding hydrogens is 282 g/mol. The summed E-state index contributed by atoms with van der Waals surface area (Å²) in [4.78, 5) is 25.4. The van der Waals surface area contributed by atoms with E-state index in [9.17, 15) is 9.59 Å². The topological polar surface area (TPSA) is 55.8 Å². The van der Waals surface area contributed by atoms with Crippen molar-refractivity contribution in [3.63, 3.8) is 0 Å². The molecule has 0 N–H and O–H groups in total. The molecule has 0 bridgehead atoms. The summed E-state index contributed by atoms with van der Waals surface area (Å²) in [5, 5.41) is 0. The third-order valence-electron chi connectivity index (χ3n) is 3.26. The van der Waals surface area contributed by atoms with Crippen molar-refractivity contribution >= 4 is 11.9 Å². The highest BCUT2D eigenvalue weighted by Crippen LogP contribution is 2.11. The number of benzene rings is 1. The lowest BCUT2D eigenvalue weighted by Gasteiger charge is -2.27. The molecule has 0 fully saturated rings. The number of ether oxygens (including phenoxy) is 2. The molecule has 0 spiro atoms. The van der Waals surface area contributed by atoms with Crippen LogP contribution in [0.4, 0.5) is 0 Å². The Labute approximate surface area is 132 Å². The molecule has 22 heavy (non-hydrogen) atoms. The quantitative estimate of drug-likeness (QED) is 0.656. The summed E-state index contributed by atoms with van der Waals surface area (Å²) in [6, 6.07) is 9.73. The summed E-state index contributed by atoms with van der Waals surface area (Å²) in [7, 11) is 0. The zero-order chi connectivity index (χ0) is 16.4. The van der Waals surface area contributed by atoms with Crippen LogP contribution in [0, 0.1) is 0 Å². The summed E-state index contributed by atoms with van der Waals surface area (Å²) in [6.07, 6.45) is 0.250. The summed E-state index contributed by atoms with van der Waals surface area (Å²) >= 11 is 0. The number of carbonyl (C=O) groups is 2. The van der Waals surface area contributed by atoms with E-state index in [-0.39, 0.29) is 30.9 Å². The van der Waals surface area contributed by atoms with Gasteiger partial charge in [-0.05, 0) is 26.3 Å². The van der Waals surface area contributed by atoms with Crippen molar-refractivity contribution in [2.75, 3.05) is 19.8 Å². The Morgan fingerprint density at radius 1 is 1.05 bits per heavy atom. The van der Waals surface area contributed by atoms with Gasteiger partial charge in [0.1, 0.15) is 0 Å². The first kappa shape index (κ1) is 18.2. The monoisotopic (exact) mass is 307 g/mol. The molecule has 0 heterocycles. The number of rotatable bonds is 9. The number of nitrogens with zero attached hydrogens (tertiary/aromatic N) is 1. The van der Waals surface area contributed by atoms with E-state index in [1.807, 2.05) is 42.2 Å². The van der Waals surface area contributed by atoms with Crippen molar-refractivity contribution in [1.82, 2.24) is 4.90 Å². The summed E-state index contributed by atoms with van der Waals surface area (Å²) < 4.78 is 10.00. The highest BCUT2D eigenvalue weighted by molar-refractivity contribution is 5.72. The molecule has 0 aliphatic heterocycles. The maximum Gasteiger partial charge on any atom is 0.320 e. The van der Waals surface area contributed by atoms with Crippen molar-refractivity contribution in [1.29, 1.82) is 0 Å². The van der Waals surface area contributed by atoms with E-state index in [1.165, 1.54) is 0 Å². The molecule has 0 aliphatic carbocycles. The molecule has 0 amide bonds. The van der Waals surface area contributed by atoms with Gasteiger partial charge >= 0.3 is 11.9 Å². The predicted molar refractivity (Wildman–Crippen MR) is 84.2 cm³/mol. The first-order chi connectivity index (χ1) is 10.6. The van der Waals surface area contributed by atoms with Gasteiger partial charge in [-0.3, -0.25) is 14.5 Å². The fourth-order valence-electron chi connectivity index (χ4n) is 2.15. The molecule has 5 heteroatoms. The van der Waals surface area contributed by atoms with Crippen LogP contribution in [0.1, 0.15) is 32.8 Å². The third kappa shape index (κ3) is 6.72. The lowest BCUT2D eigenvalue weighted by molar-refractivity contribution is -0.148. The van der Waals surface area contributed by atoms with Crippen LogP contribution < -0.4 is 0 Å². The largest absolute Gasteiger partial charge is 0.466 e. The second kappa shape index (κ2) is 9.95. The molecule has 0 saturated heterocycles. The van der Waals surface area contributed by atoms with Gasteiger partial charge in [0.25, 0.3) is 0 Å². The third-order valence-corrected chi connectivity index (χ3v) is 3.26.